The number of hydrogen-bond donors (Lipinski definition) is 0. The Morgan fingerprint density at radius 3 is 2.41 bits per heavy atom. The predicted octanol–water partition coefficient (Wildman–Crippen LogP) is 3.81. The van der Waals surface area contributed by atoms with Crippen LogP contribution >= 0.6 is 9.39 Å². The van der Waals surface area contributed by atoms with Gasteiger partial charge in [-0.05, 0) is 38.8 Å². The minimum absolute atomic E-state index is 0.620. The van der Waals surface area contributed by atoms with Crippen molar-refractivity contribution in [2.45, 2.75) is 44.0 Å². The van der Waals surface area contributed by atoms with E-state index in [1.54, 1.807) is 0 Å². The standard InChI is InChI=1S/C15H23NS/c1-13-8-10-15(11-9-13)17(3,4)16-12-6-5-7-14(16)2/h8-11,14H,3-7,12H2,1-2H3. The molecule has 1 aromatic rings. The van der Waals surface area contributed by atoms with Crippen molar-refractivity contribution in [2.75, 3.05) is 6.54 Å². The smallest absolute Gasteiger partial charge is 0.0168 e. The molecular weight excluding hydrogens is 226 g/mol. The molecular formula is C15H23NS. The van der Waals surface area contributed by atoms with Gasteiger partial charge in [0.05, 0.1) is 0 Å². The van der Waals surface area contributed by atoms with Crippen LogP contribution in [0.5, 0.6) is 0 Å². The Balaban J connectivity index is 2.32. The molecule has 1 atom stereocenters. The van der Waals surface area contributed by atoms with E-state index in [0.717, 1.165) is 6.54 Å². The maximum atomic E-state index is 4.44. The Kier molecular flexibility index (Phi) is 3.64. The third kappa shape index (κ3) is 2.58. The summed E-state index contributed by atoms with van der Waals surface area (Å²) in [6.07, 6.45) is 3.92. The van der Waals surface area contributed by atoms with Gasteiger partial charge in [0.15, 0.2) is 0 Å². The van der Waals surface area contributed by atoms with Crippen molar-refractivity contribution in [1.29, 1.82) is 0 Å². The molecule has 0 N–H and O–H groups in total. The summed E-state index contributed by atoms with van der Waals surface area (Å²) in [6, 6.07) is 9.36. The van der Waals surface area contributed by atoms with Crippen LogP contribution in [0.15, 0.2) is 29.2 Å². The van der Waals surface area contributed by atoms with Gasteiger partial charge in [-0.25, -0.2) is 0 Å². The zero-order chi connectivity index (χ0) is 12.5. The van der Waals surface area contributed by atoms with E-state index in [-0.39, 0.29) is 0 Å². The zero-order valence-electron chi connectivity index (χ0n) is 11.0. The first-order valence-electron chi connectivity index (χ1n) is 6.35. The van der Waals surface area contributed by atoms with Crippen LogP contribution in [0.1, 0.15) is 31.7 Å². The van der Waals surface area contributed by atoms with Crippen LogP contribution in [0, 0.1) is 6.92 Å². The lowest BCUT2D eigenvalue weighted by molar-refractivity contribution is 0.291. The van der Waals surface area contributed by atoms with Gasteiger partial charge < -0.3 is 0 Å². The first-order valence-corrected chi connectivity index (χ1v) is 8.27. The molecule has 0 aromatic heterocycles. The van der Waals surface area contributed by atoms with Crippen molar-refractivity contribution in [2.24, 2.45) is 0 Å². The maximum Gasteiger partial charge on any atom is 0.0168 e. The van der Waals surface area contributed by atoms with Crippen LogP contribution < -0.4 is 0 Å². The van der Waals surface area contributed by atoms with Crippen LogP contribution in [0.25, 0.3) is 0 Å². The number of benzene rings is 1. The Morgan fingerprint density at radius 2 is 1.82 bits per heavy atom. The van der Waals surface area contributed by atoms with Gasteiger partial charge in [-0.15, -0.1) is 9.39 Å². The third-order valence-corrected chi connectivity index (χ3v) is 6.24. The summed E-state index contributed by atoms with van der Waals surface area (Å²) in [4.78, 5) is 1.30. The van der Waals surface area contributed by atoms with Crippen LogP contribution in [-0.2, 0) is 0 Å². The van der Waals surface area contributed by atoms with E-state index >= 15 is 0 Å². The van der Waals surface area contributed by atoms with Crippen molar-refractivity contribution in [1.82, 2.24) is 4.31 Å². The van der Waals surface area contributed by atoms with Crippen LogP contribution in [0.3, 0.4) is 0 Å². The number of nitrogens with zero attached hydrogens (tertiary/aromatic N) is 1. The molecule has 1 unspecified atom stereocenters. The molecule has 0 radical (unpaired) electrons. The van der Waals surface area contributed by atoms with Gasteiger partial charge in [-0.2, -0.15) is 0 Å². The molecule has 2 rings (SSSR count). The molecule has 2 heteroatoms. The molecule has 0 saturated carbocycles. The van der Waals surface area contributed by atoms with Gasteiger partial charge in [-0.1, -0.05) is 35.9 Å². The summed E-state index contributed by atoms with van der Waals surface area (Å²) in [6.45, 7) is 5.58. The number of piperidine rings is 1. The van der Waals surface area contributed by atoms with Gasteiger partial charge in [0.1, 0.15) is 0 Å². The molecule has 0 bridgehead atoms. The normalized spacial score (nSPS) is 22.6. The number of rotatable bonds is 2. The summed E-state index contributed by atoms with van der Waals surface area (Å²) in [5.41, 5.74) is 1.30. The van der Waals surface area contributed by atoms with E-state index in [9.17, 15) is 0 Å². The van der Waals surface area contributed by atoms with Gasteiger partial charge in [-0.3, -0.25) is 4.31 Å². The molecule has 1 saturated heterocycles. The summed E-state index contributed by atoms with van der Waals surface area (Å²) < 4.78 is 2.53. The SMILES string of the molecule is C=S(=C)(c1ccc(C)cc1)N1CCCCC1C. The van der Waals surface area contributed by atoms with Crippen molar-refractivity contribution >= 4 is 21.1 Å². The molecule has 17 heavy (non-hydrogen) atoms. The second-order valence-corrected chi connectivity index (χ2v) is 7.77. The van der Waals surface area contributed by atoms with Crippen LogP contribution in [0.4, 0.5) is 0 Å². The number of hydrogen-bond acceptors (Lipinski definition) is 1. The molecule has 1 aromatic carbocycles. The molecule has 1 nitrogen and oxygen atoms in total. The highest BCUT2D eigenvalue weighted by Gasteiger charge is 2.22. The van der Waals surface area contributed by atoms with Crippen molar-refractivity contribution < 1.29 is 0 Å². The van der Waals surface area contributed by atoms with Gasteiger partial charge in [0.25, 0.3) is 0 Å². The second-order valence-electron chi connectivity index (χ2n) is 5.14. The minimum atomic E-state index is -1.29. The molecule has 1 heterocycles. The maximum absolute atomic E-state index is 4.44. The van der Waals surface area contributed by atoms with Crippen molar-refractivity contribution in [3.05, 3.63) is 29.8 Å². The summed E-state index contributed by atoms with van der Waals surface area (Å²) in [7, 11) is -1.29. The fourth-order valence-electron chi connectivity index (χ4n) is 2.52. The molecule has 0 spiro atoms. The average Bonchev–Trinajstić information content (AvgIpc) is 2.30. The Bertz CT molecular complexity index is 470. The largest absolute Gasteiger partial charge is 0.255 e. The van der Waals surface area contributed by atoms with E-state index in [4.69, 9.17) is 0 Å². The lowest BCUT2D eigenvalue weighted by Crippen LogP contribution is -2.34. The van der Waals surface area contributed by atoms with E-state index < -0.39 is 9.39 Å². The topological polar surface area (TPSA) is 3.24 Å². The molecule has 0 aliphatic carbocycles. The first-order chi connectivity index (χ1) is 8.01. The van der Waals surface area contributed by atoms with E-state index in [1.807, 2.05) is 0 Å². The summed E-state index contributed by atoms with van der Waals surface area (Å²) in [5, 5.41) is 0. The van der Waals surface area contributed by atoms with Gasteiger partial charge >= 0.3 is 0 Å². The Morgan fingerprint density at radius 1 is 1.18 bits per heavy atom. The molecule has 94 valence electrons. The zero-order valence-corrected chi connectivity index (χ0v) is 11.8. The van der Waals surface area contributed by atoms with Gasteiger partial charge in [0, 0.05) is 17.5 Å². The first kappa shape index (κ1) is 12.7. The highest BCUT2D eigenvalue weighted by Crippen LogP contribution is 2.40. The van der Waals surface area contributed by atoms with Crippen LogP contribution in [-0.4, -0.2) is 28.6 Å². The van der Waals surface area contributed by atoms with Crippen LogP contribution in [0.2, 0.25) is 0 Å². The van der Waals surface area contributed by atoms with Crippen molar-refractivity contribution in [3.8, 4) is 0 Å². The van der Waals surface area contributed by atoms with E-state index in [2.05, 4.69) is 54.2 Å². The summed E-state index contributed by atoms with van der Waals surface area (Å²) in [5.74, 6) is 8.88. The lowest BCUT2D eigenvalue weighted by atomic mass is 10.1. The quantitative estimate of drug-likeness (QED) is 0.720. The average molecular weight is 249 g/mol. The predicted molar refractivity (Wildman–Crippen MR) is 81.3 cm³/mol. The highest BCUT2D eigenvalue weighted by atomic mass is 32.2. The lowest BCUT2D eigenvalue weighted by Gasteiger charge is -2.39. The fourth-order valence-corrected chi connectivity index (χ4v) is 4.70. The van der Waals surface area contributed by atoms with E-state index in [1.165, 1.54) is 29.7 Å². The Labute approximate surface area is 106 Å². The third-order valence-electron chi connectivity index (χ3n) is 3.65. The summed E-state index contributed by atoms with van der Waals surface area (Å²) >= 11 is 0. The molecule has 1 aliphatic rings. The fraction of sp³-hybridized carbons (Fsp3) is 0.467. The number of aryl methyl sites for hydroxylation is 1. The second kappa shape index (κ2) is 4.87. The Hall–Kier alpha value is -0.730. The molecule has 0 amide bonds. The van der Waals surface area contributed by atoms with E-state index in [0.29, 0.717) is 6.04 Å². The van der Waals surface area contributed by atoms with Gasteiger partial charge in [0.2, 0.25) is 0 Å². The monoisotopic (exact) mass is 249 g/mol. The molecule has 1 fully saturated rings. The molecule has 1 aliphatic heterocycles. The minimum Gasteiger partial charge on any atom is -0.255 e. The van der Waals surface area contributed by atoms with Crippen molar-refractivity contribution in [3.63, 3.8) is 0 Å². The highest BCUT2D eigenvalue weighted by molar-refractivity contribution is 8.25.